The largest absolute Gasteiger partial charge is 0.455 e. The molecule has 0 saturated heterocycles. The van der Waals surface area contributed by atoms with Gasteiger partial charge in [0.15, 0.2) is 17.3 Å². The third kappa shape index (κ3) is 2.22. The molecule has 0 bridgehead atoms. The molecule has 116 valence electrons. The van der Waals surface area contributed by atoms with Crippen molar-refractivity contribution in [1.82, 2.24) is 0 Å². The Morgan fingerprint density at radius 2 is 1.29 bits per heavy atom. The first-order valence-corrected chi connectivity index (χ1v) is 7.78. The molecule has 4 rings (SSSR count). The van der Waals surface area contributed by atoms with Crippen LogP contribution >= 0.6 is 11.6 Å². The molecule has 3 aromatic carbocycles. The summed E-state index contributed by atoms with van der Waals surface area (Å²) in [6.07, 6.45) is 0. The molecule has 4 heteroatoms. The van der Waals surface area contributed by atoms with Crippen molar-refractivity contribution in [2.45, 2.75) is 0 Å². The number of ether oxygens (including phenoxy) is 1. The van der Waals surface area contributed by atoms with E-state index >= 15 is 0 Å². The Morgan fingerprint density at radius 1 is 0.667 bits per heavy atom. The van der Waals surface area contributed by atoms with Crippen LogP contribution in [0.15, 0.2) is 66.7 Å². The summed E-state index contributed by atoms with van der Waals surface area (Å²) in [5.41, 5.74) is 1.31. The highest BCUT2D eigenvalue weighted by Crippen LogP contribution is 2.39. The molecule has 0 saturated carbocycles. The minimum atomic E-state index is -0.256. The van der Waals surface area contributed by atoms with E-state index in [1.807, 2.05) is 18.2 Å². The fourth-order valence-electron chi connectivity index (χ4n) is 2.84. The molecule has 0 radical (unpaired) electrons. The van der Waals surface area contributed by atoms with Gasteiger partial charge in [0, 0.05) is 16.7 Å². The molecule has 0 aliphatic heterocycles. The Bertz CT molecular complexity index is 977. The van der Waals surface area contributed by atoms with Crippen molar-refractivity contribution in [2.24, 2.45) is 0 Å². The molecule has 0 spiro atoms. The van der Waals surface area contributed by atoms with Gasteiger partial charge in [0.2, 0.25) is 0 Å². The summed E-state index contributed by atoms with van der Waals surface area (Å²) in [6.45, 7) is 0. The predicted molar refractivity (Wildman–Crippen MR) is 91.3 cm³/mol. The Labute approximate surface area is 143 Å². The topological polar surface area (TPSA) is 43.4 Å². The number of rotatable bonds is 2. The van der Waals surface area contributed by atoms with Gasteiger partial charge in [-0.1, -0.05) is 54.1 Å². The van der Waals surface area contributed by atoms with Crippen LogP contribution in [0.3, 0.4) is 0 Å². The lowest BCUT2D eigenvalue weighted by molar-refractivity contribution is 0.0977. The molecule has 0 fully saturated rings. The van der Waals surface area contributed by atoms with E-state index in [1.165, 1.54) is 0 Å². The number of ketones is 2. The minimum absolute atomic E-state index is 0.199. The van der Waals surface area contributed by atoms with Crippen LogP contribution in [0.1, 0.15) is 31.8 Å². The van der Waals surface area contributed by atoms with Gasteiger partial charge in [-0.15, -0.1) is 0 Å². The van der Waals surface area contributed by atoms with E-state index in [0.29, 0.717) is 22.4 Å². The highest BCUT2D eigenvalue weighted by molar-refractivity contribution is 6.35. The van der Waals surface area contributed by atoms with Crippen LogP contribution in [0.4, 0.5) is 0 Å². The van der Waals surface area contributed by atoms with Gasteiger partial charge in [-0.2, -0.15) is 0 Å². The van der Waals surface area contributed by atoms with Crippen molar-refractivity contribution in [2.75, 3.05) is 0 Å². The zero-order valence-electron chi connectivity index (χ0n) is 12.5. The molecule has 1 aliphatic rings. The standard InChI is InChI=1S/C20H11ClO3/c21-16-11-10-15-17(20(16)24-12-6-2-1-3-7-12)19(23)14-9-5-4-8-13(14)18(15)22/h1-11H. The highest BCUT2D eigenvalue weighted by atomic mass is 35.5. The average molecular weight is 335 g/mol. The maximum Gasteiger partial charge on any atom is 0.198 e. The number of carbonyl (C=O) groups is 2. The summed E-state index contributed by atoms with van der Waals surface area (Å²) >= 11 is 6.26. The zero-order chi connectivity index (χ0) is 16.7. The van der Waals surface area contributed by atoms with E-state index in [1.54, 1.807) is 48.5 Å². The van der Waals surface area contributed by atoms with Crippen molar-refractivity contribution >= 4 is 23.2 Å². The summed E-state index contributed by atoms with van der Waals surface area (Å²) in [5.74, 6) is 0.309. The van der Waals surface area contributed by atoms with Crippen molar-refractivity contribution in [1.29, 1.82) is 0 Å². The van der Waals surface area contributed by atoms with Crippen LogP contribution in [0.25, 0.3) is 0 Å². The number of para-hydroxylation sites is 1. The molecule has 3 nitrogen and oxygen atoms in total. The zero-order valence-corrected chi connectivity index (χ0v) is 13.2. The summed E-state index contributed by atoms with van der Waals surface area (Å²) in [4.78, 5) is 25.6. The van der Waals surface area contributed by atoms with Gasteiger partial charge in [0.25, 0.3) is 0 Å². The van der Waals surface area contributed by atoms with Gasteiger partial charge in [0.1, 0.15) is 5.75 Å². The maximum atomic E-state index is 12.9. The molecule has 0 N–H and O–H groups in total. The molecule has 24 heavy (non-hydrogen) atoms. The molecule has 0 atom stereocenters. The van der Waals surface area contributed by atoms with Crippen molar-refractivity contribution in [3.8, 4) is 11.5 Å². The summed E-state index contributed by atoms with van der Waals surface area (Å²) in [6, 6.07) is 19.0. The Balaban J connectivity index is 1.92. The number of benzene rings is 3. The average Bonchev–Trinajstić information content (AvgIpc) is 2.62. The molecular formula is C20H11ClO3. The summed E-state index contributed by atoms with van der Waals surface area (Å²) in [5, 5.41) is 0.290. The molecule has 0 amide bonds. The first kappa shape index (κ1) is 14.7. The normalized spacial score (nSPS) is 12.5. The molecule has 0 heterocycles. The van der Waals surface area contributed by atoms with Crippen LogP contribution < -0.4 is 4.74 Å². The van der Waals surface area contributed by atoms with Gasteiger partial charge >= 0.3 is 0 Å². The number of hydrogen-bond donors (Lipinski definition) is 0. The minimum Gasteiger partial charge on any atom is -0.455 e. The lowest BCUT2D eigenvalue weighted by atomic mass is 9.83. The fraction of sp³-hybridized carbons (Fsp3) is 0. The van der Waals surface area contributed by atoms with Crippen LogP contribution in [0.2, 0.25) is 5.02 Å². The third-order valence-electron chi connectivity index (χ3n) is 3.96. The lowest BCUT2D eigenvalue weighted by Crippen LogP contribution is -2.21. The molecule has 0 unspecified atom stereocenters. The van der Waals surface area contributed by atoms with E-state index in [-0.39, 0.29) is 27.9 Å². The van der Waals surface area contributed by atoms with Crippen molar-refractivity contribution in [3.63, 3.8) is 0 Å². The number of halogens is 1. The van der Waals surface area contributed by atoms with Crippen LogP contribution in [0.5, 0.6) is 11.5 Å². The lowest BCUT2D eigenvalue weighted by Gasteiger charge is -2.20. The first-order valence-electron chi connectivity index (χ1n) is 7.40. The van der Waals surface area contributed by atoms with Crippen molar-refractivity contribution in [3.05, 3.63) is 94.0 Å². The van der Waals surface area contributed by atoms with Crippen LogP contribution in [-0.2, 0) is 0 Å². The molecular weight excluding hydrogens is 324 g/mol. The molecule has 0 aromatic heterocycles. The van der Waals surface area contributed by atoms with Crippen molar-refractivity contribution < 1.29 is 14.3 Å². The third-order valence-corrected chi connectivity index (χ3v) is 4.26. The highest BCUT2D eigenvalue weighted by Gasteiger charge is 2.33. The SMILES string of the molecule is O=C1c2ccccc2C(=O)c2c1ccc(Cl)c2Oc1ccccc1. The smallest absolute Gasteiger partial charge is 0.198 e. The summed E-state index contributed by atoms with van der Waals surface area (Å²) < 4.78 is 5.84. The van der Waals surface area contributed by atoms with Gasteiger partial charge in [0.05, 0.1) is 10.6 Å². The Morgan fingerprint density at radius 3 is 2.00 bits per heavy atom. The van der Waals surface area contributed by atoms with Crippen LogP contribution in [0, 0.1) is 0 Å². The predicted octanol–water partition coefficient (Wildman–Crippen LogP) is 4.91. The fourth-order valence-corrected chi connectivity index (χ4v) is 3.03. The number of hydrogen-bond acceptors (Lipinski definition) is 3. The number of carbonyl (C=O) groups excluding carboxylic acids is 2. The summed E-state index contributed by atoms with van der Waals surface area (Å²) in [7, 11) is 0. The van der Waals surface area contributed by atoms with Gasteiger partial charge in [-0.05, 0) is 24.3 Å². The van der Waals surface area contributed by atoms with E-state index < -0.39 is 0 Å². The van der Waals surface area contributed by atoms with E-state index in [0.717, 1.165) is 0 Å². The van der Waals surface area contributed by atoms with E-state index in [4.69, 9.17) is 16.3 Å². The van der Waals surface area contributed by atoms with Crippen LogP contribution in [-0.4, -0.2) is 11.6 Å². The van der Waals surface area contributed by atoms with E-state index in [2.05, 4.69) is 0 Å². The second-order valence-electron chi connectivity index (χ2n) is 5.42. The Hall–Kier alpha value is -2.91. The first-order chi connectivity index (χ1) is 11.7. The quantitative estimate of drug-likeness (QED) is 0.523. The second kappa shape index (κ2) is 5.62. The van der Waals surface area contributed by atoms with Gasteiger partial charge in [-0.3, -0.25) is 9.59 Å². The monoisotopic (exact) mass is 334 g/mol. The molecule has 1 aliphatic carbocycles. The van der Waals surface area contributed by atoms with Gasteiger partial charge in [-0.25, -0.2) is 0 Å². The Kier molecular flexibility index (Phi) is 3.44. The van der Waals surface area contributed by atoms with E-state index in [9.17, 15) is 9.59 Å². The number of fused-ring (bicyclic) bond motifs is 2. The molecule has 3 aromatic rings. The second-order valence-corrected chi connectivity index (χ2v) is 5.83. The maximum absolute atomic E-state index is 12.9. The van der Waals surface area contributed by atoms with Gasteiger partial charge < -0.3 is 4.74 Å².